The van der Waals surface area contributed by atoms with Crippen molar-refractivity contribution in [1.82, 2.24) is 10.1 Å². The number of sulfone groups is 1. The molecule has 4 rings (SSSR count). The first-order valence-corrected chi connectivity index (χ1v) is 11.1. The van der Waals surface area contributed by atoms with Gasteiger partial charge in [-0.3, -0.25) is 0 Å². The van der Waals surface area contributed by atoms with Gasteiger partial charge in [-0.2, -0.15) is 4.98 Å². The van der Waals surface area contributed by atoms with Crippen molar-refractivity contribution < 1.29 is 17.7 Å². The van der Waals surface area contributed by atoms with E-state index < -0.39 is 9.84 Å². The topological polar surface area (TPSA) is 82.3 Å². The highest BCUT2D eigenvalue weighted by Crippen LogP contribution is 2.33. The lowest BCUT2D eigenvalue weighted by atomic mass is 9.84. The zero-order chi connectivity index (χ0) is 19.7. The summed E-state index contributed by atoms with van der Waals surface area (Å²) in [4.78, 5) is 4.87. The minimum Gasteiger partial charge on any atom is -0.497 e. The maximum atomic E-state index is 11.7. The molecule has 0 aliphatic heterocycles. The van der Waals surface area contributed by atoms with Gasteiger partial charge >= 0.3 is 0 Å². The normalized spacial score (nSPS) is 16.6. The van der Waals surface area contributed by atoms with Crippen molar-refractivity contribution in [3.63, 3.8) is 0 Å². The van der Waals surface area contributed by atoms with Crippen molar-refractivity contribution in [3.8, 4) is 5.75 Å². The summed E-state index contributed by atoms with van der Waals surface area (Å²) in [5.41, 5.74) is 3.45. The molecule has 2 aromatic carbocycles. The van der Waals surface area contributed by atoms with E-state index in [9.17, 15) is 8.42 Å². The number of aromatic nitrogens is 2. The van der Waals surface area contributed by atoms with Crippen LogP contribution in [0.5, 0.6) is 5.75 Å². The van der Waals surface area contributed by atoms with Crippen LogP contribution >= 0.6 is 0 Å². The number of rotatable bonds is 5. The van der Waals surface area contributed by atoms with E-state index in [4.69, 9.17) is 9.26 Å². The highest BCUT2D eigenvalue weighted by atomic mass is 32.2. The van der Waals surface area contributed by atoms with Crippen LogP contribution < -0.4 is 4.74 Å². The second kappa shape index (κ2) is 7.39. The van der Waals surface area contributed by atoms with Crippen LogP contribution in [0, 0.1) is 0 Å². The Kier molecular flexibility index (Phi) is 4.93. The minimum absolute atomic E-state index is 0.199. The van der Waals surface area contributed by atoms with E-state index in [1.54, 1.807) is 25.3 Å². The Morgan fingerprint density at radius 3 is 2.82 bits per heavy atom. The molecular weight excluding hydrogens is 376 g/mol. The predicted molar refractivity (Wildman–Crippen MR) is 104 cm³/mol. The number of benzene rings is 2. The number of hydrogen-bond acceptors (Lipinski definition) is 6. The van der Waals surface area contributed by atoms with Gasteiger partial charge in [0.1, 0.15) is 5.75 Å². The standard InChI is InChI=1S/C21H22N2O4S/c1-26-18-9-8-15-12-17(7-6-16(15)13-18)21-22-20(23-27-21)11-14-4-3-5-19(10-14)28(2,24)25/h3-5,8-10,13,17H,6-7,11-12H2,1-2H3. The van der Waals surface area contributed by atoms with Gasteiger partial charge in [0.15, 0.2) is 15.7 Å². The molecule has 1 unspecified atom stereocenters. The molecule has 1 aromatic heterocycles. The first-order chi connectivity index (χ1) is 13.4. The molecule has 0 radical (unpaired) electrons. The van der Waals surface area contributed by atoms with E-state index in [2.05, 4.69) is 22.3 Å². The lowest BCUT2D eigenvalue weighted by Crippen LogP contribution is -2.13. The van der Waals surface area contributed by atoms with Gasteiger partial charge in [-0.25, -0.2) is 8.42 Å². The Morgan fingerprint density at radius 1 is 1.18 bits per heavy atom. The third-order valence-electron chi connectivity index (χ3n) is 5.16. The average molecular weight is 398 g/mol. The smallest absolute Gasteiger partial charge is 0.230 e. The molecule has 6 nitrogen and oxygen atoms in total. The van der Waals surface area contributed by atoms with E-state index in [-0.39, 0.29) is 5.92 Å². The number of aryl methyl sites for hydroxylation is 1. The Labute approximate surface area is 164 Å². The number of hydrogen-bond donors (Lipinski definition) is 0. The summed E-state index contributed by atoms with van der Waals surface area (Å²) < 4.78 is 34.3. The van der Waals surface area contributed by atoms with E-state index in [1.807, 2.05) is 12.1 Å². The van der Waals surface area contributed by atoms with Crippen LogP contribution in [0.2, 0.25) is 0 Å². The van der Waals surface area contributed by atoms with Crippen molar-refractivity contribution in [2.75, 3.05) is 13.4 Å². The SMILES string of the molecule is COc1ccc2c(c1)CCC(c1nc(Cc3cccc(S(C)(=O)=O)c3)no1)C2. The van der Waals surface area contributed by atoms with E-state index >= 15 is 0 Å². The Morgan fingerprint density at radius 2 is 2.04 bits per heavy atom. The molecule has 0 bridgehead atoms. The number of fused-ring (bicyclic) bond motifs is 1. The maximum absolute atomic E-state index is 11.7. The Balaban J connectivity index is 1.49. The molecule has 0 saturated heterocycles. The molecule has 146 valence electrons. The maximum Gasteiger partial charge on any atom is 0.230 e. The lowest BCUT2D eigenvalue weighted by Gasteiger charge is -2.22. The molecule has 1 aliphatic rings. The average Bonchev–Trinajstić information content (AvgIpc) is 3.15. The fourth-order valence-corrected chi connectivity index (χ4v) is 4.33. The first kappa shape index (κ1) is 18.7. The molecule has 1 atom stereocenters. The van der Waals surface area contributed by atoms with Gasteiger partial charge in [0.25, 0.3) is 0 Å². The van der Waals surface area contributed by atoms with Crippen LogP contribution in [-0.2, 0) is 29.1 Å². The summed E-state index contributed by atoms with van der Waals surface area (Å²) in [6, 6.07) is 13.0. The number of methoxy groups -OCH3 is 1. The molecule has 1 aliphatic carbocycles. The van der Waals surface area contributed by atoms with Crippen molar-refractivity contribution >= 4 is 9.84 Å². The van der Waals surface area contributed by atoms with Gasteiger partial charge in [0.05, 0.1) is 12.0 Å². The second-order valence-corrected chi connectivity index (χ2v) is 9.24. The summed E-state index contributed by atoms with van der Waals surface area (Å²) >= 11 is 0. The van der Waals surface area contributed by atoms with Gasteiger partial charge in [0.2, 0.25) is 5.89 Å². The second-order valence-electron chi connectivity index (χ2n) is 7.22. The summed E-state index contributed by atoms with van der Waals surface area (Å²) in [6.45, 7) is 0. The van der Waals surface area contributed by atoms with Gasteiger partial charge in [-0.1, -0.05) is 23.4 Å². The van der Waals surface area contributed by atoms with Crippen molar-refractivity contribution in [3.05, 3.63) is 70.9 Å². The van der Waals surface area contributed by atoms with Crippen LogP contribution in [0.3, 0.4) is 0 Å². The summed E-state index contributed by atoms with van der Waals surface area (Å²) in [5.74, 6) is 2.30. The monoisotopic (exact) mass is 398 g/mol. The van der Waals surface area contributed by atoms with E-state index in [0.29, 0.717) is 23.0 Å². The largest absolute Gasteiger partial charge is 0.497 e. The van der Waals surface area contributed by atoms with Crippen molar-refractivity contribution in [2.45, 2.75) is 36.5 Å². The zero-order valence-corrected chi connectivity index (χ0v) is 16.7. The first-order valence-electron chi connectivity index (χ1n) is 9.19. The van der Waals surface area contributed by atoms with Gasteiger partial charge < -0.3 is 9.26 Å². The molecule has 0 amide bonds. The molecule has 28 heavy (non-hydrogen) atoms. The molecule has 7 heteroatoms. The summed E-state index contributed by atoms with van der Waals surface area (Å²) in [7, 11) is -1.56. The summed E-state index contributed by atoms with van der Waals surface area (Å²) in [6.07, 6.45) is 4.41. The Bertz CT molecular complexity index is 1110. The zero-order valence-electron chi connectivity index (χ0n) is 15.9. The van der Waals surface area contributed by atoms with Crippen LogP contribution in [0.25, 0.3) is 0 Å². The molecule has 3 aromatic rings. The van der Waals surface area contributed by atoms with Crippen LogP contribution in [0.1, 0.15) is 40.7 Å². The highest BCUT2D eigenvalue weighted by molar-refractivity contribution is 7.90. The van der Waals surface area contributed by atoms with Gasteiger partial charge in [-0.05, 0) is 60.2 Å². The molecular formula is C21H22N2O4S. The van der Waals surface area contributed by atoms with Gasteiger partial charge in [-0.15, -0.1) is 0 Å². The molecule has 0 fully saturated rings. The van der Waals surface area contributed by atoms with E-state index in [1.165, 1.54) is 17.4 Å². The minimum atomic E-state index is -3.24. The molecule has 0 N–H and O–H groups in total. The highest BCUT2D eigenvalue weighted by Gasteiger charge is 2.25. The van der Waals surface area contributed by atoms with Crippen LogP contribution in [0.4, 0.5) is 0 Å². The van der Waals surface area contributed by atoms with Crippen LogP contribution in [0.15, 0.2) is 51.9 Å². The van der Waals surface area contributed by atoms with Crippen molar-refractivity contribution in [1.29, 1.82) is 0 Å². The van der Waals surface area contributed by atoms with Gasteiger partial charge in [0, 0.05) is 18.6 Å². The number of ether oxygens (including phenoxy) is 1. The summed E-state index contributed by atoms with van der Waals surface area (Å²) in [5, 5.41) is 4.11. The third kappa shape index (κ3) is 3.94. The molecule has 0 saturated carbocycles. The van der Waals surface area contributed by atoms with E-state index in [0.717, 1.165) is 30.6 Å². The third-order valence-corrected chi connectivity index (χ3v) is 6.27. The predicted octanol–water partition coefficient (Wildman–Crippen LogP) is 3.35. The lowest BCUT2D eigenvalue weighted by molar-refractivity contribution is 0.337. The fraction of sp³-hybridized carbons (Fsp3) is 0.333. The quantitative estimate of drug-likeness (QED) is 0.656. The van der Waals surface area contributed by atoms with Crippen molar-refractivity contribution in [2.24, 2.45) is 0 Å². The molecule has 1 heterocycles. The Hall–Kier alpha value is -2.67. The molecule has 0 spiro atoms. The number of nitrogens with zero attached hydrogens (tertiary/aromatic N) is 2. The van der Waals surface area contributed by atoms with Crippen LogP contribution in [-0.4, -0.2) is 31.9 Å². The fourth-order valence-electron chi connectivity index (χ4n) is 3.64.